The molecular weight excluding hydrogens is 408 g/mol. The van der Waals surface area contributed by atoms with Gasteiger partial charge in [0.2, 0.25) is 5.91 Å². The highest BCUT2D eigenvalue weighted by atomic mass is 16.5. The Balaban J connectivity index is 1.89. The third-order valence-electron chi connectivity index (χ3n) is 5.47. The van der Waals surface area contributed by atoms with Crippen molar-refractivity contribution >= 4 is 23.3 Å². The summed E-state index contributed by atoms with van der Waals surface area (Å²) in [5, 5.41) is 12.0. The van der Waals surface area contributed by atoms with Gasteiger partial charge in [-0.1, -0.05) is 33.1 Å². The van der Waals surface area contributed by atoms with E-state index in [1.165, 1.54) is 25.6 Å². The molecule has 1 aliphatic rings. The molecule has 0 radical (unpaired) electrons. The molecule has 1 aromatic carbocycles. The van der Waals surface area contributed by atoms with Crippen molar-refractivity contribution in [3.05, 3.63) is 42.5 Å². The molecule has 0 bridgehead atoms. The summed E-state index contributed by atoms with van der Waals surface area (Å²) in [6.07, 6.45) is 10.7. The SMILES string of the molecule is CC(C)CN(c1ccc(OCC(=O)O)cc1NC(=O)Cc1cncnc1)C1CCCCC1. The van der Waals surface area contributed by atoms with E-state index >= 15 is 0 Å². The molecule has 8 heteroatoms. The average molecular weight is 441 g/mol. The molecule has 3 rings (SSSR count). The van der Waals surface area contributed by atoms with Gasteiger partial charge in [-0.15, -0.1) is 0 Å². The van der Waals surface area contributed by atoms with Gasteiger partial charge in [0.05, 0.1) is 17.8 Å². The second kappa shape index (κ2) is 11.5. The number of ether oxygens (including phenoxy) is 1. The number of anilines is 2. The van der Waals surface area contributed by atoms with Crippen LogP contribution >= 0.6 is 0 Å². The smallest absolute Gasteiger partial charge is 0.341 e. The largest absolute Gasteiger partial charge is 0.482 e. The second-order valence-electron chi connectivity index (χ2n) is 8.67. The van der Waals surface area contributed by atoms with Gasteiger partial charge >= 0.3 is 5.97 Å². The van der Waals surface area contributed by atoms with Crippen LogP contribution in [0.5, 0.6) is 5.75 Å². The van der Waals surface area contributed by atoms with Crippen LogP contribution in [-0.4, -0.2) is 46.1 Å². The predicted octanol–water partition coefficient (Wildman–Crippen LogP) is 3.92. The summed E-state index contributed by atoms with van der Waals surface area (Å²) in [5.41, 5.74) is 2.28. The van der Waals surface area contributed by atoms with E-state index in [9.17, 15) is 9.59 Å². The van der Waals surface area contributed by atoms with Gasteiger partial charge in [-0.25, -0.2) is 14.8 Å². The van der Waals surface area contributed by atoms with Gasteiger partial charge in [-0.05, 0) is 36.5 Å². The molecule has 8 nitrogen and oxygen atoms in total. The van der Waals surface area contributed by atoms with Crippen LogP contribution in [-0.2, 0) is 16.0 Å². The number of carboxylic acids is 1. The van der Waals surface area contributed by atoms with E-state index < -0.39 is 12.6 Å². The van der Waals surface area contributed by atoms with Crippen molar-refractivity contribution in [2.24, 2.45) is 5.92 Å². The number of carbonyl (C=O) groups excluding carboxylic acids is 1. The quantitative estimate of drug-likeness (QED) is 0.577. The molecule has 1 saturated carbocycles. The third-order valence-corrected chi connectivity index (χ3v) is 5.47. The predicted molar refractivity (Wildman–Crippen MR) is 123 cm³/mol. The number of nitrogens with zero attached hydrogens (tertiary/aromatic N) is 3. The zero-order valence-electron chi connectivity index (χ0n) is 18.8. The summed E-state index contributed by atoms with van der Waals surface area (Å²) in [4.78, 5) is 34.1. The Labute approximate surface area is 189 Å². The monoisotopic (exact) mass is 440 g/mol. The van der Waals surface area contributed by atoms with Crippen LogP contribution in [0.3, 0.4) is 0 Å². The summed E-state index contributed by atoms with van der Waals surface area (Å²) in [7, 11) is 0. The summed E-state index contributed by atoms with van der Waals surface area (Å²) in [6.45, 7) is 4.81. The molecule has 1 aromatic heterocycles. The fourth-order valence-electron chi connectivity index (χ4n) is 4.13. The molecule has 2 aromatic rings. The Morgan fingerprint density at radius 1 is 1.19 bits per heavy atom. The standard InChI is InChI=1S/C24H32N4O4/c1-17(2)14-28(19-6-4-3-5-7-19)22-9-8-20(32-15-24(30)31)11-21(22)27-23(29)10-18-12-25-16-26-13-18/h8-9,11-13,16-17,19H,3-7,10,14-15H2,1-2H3,(H,27,29)(H,30,31). The Bertz CT molecular complexity index is 898. The number of aliphatic carboxylic acids is 1. The number of hydrogen-bond donors (Lipinski definition) is 2. The maximum absolute atomic E-state index is 12.8. The lowest BCUT2D eigenvalue weighted by Crippen LogP contribution is -2.40. The molecule has 172 valence electrons. The van der Waals surface area contributed by atoms with Crippen molar-refractivity contribution in [2.75, 3.05) is 23.4 Å². The lowest BCUT2D eigenvalue weighted by molar-refractivity contribution is -0.139. The number of benzene rings is 1. The molecule has 0 saturated heterocycles. The Morgan fingerprint density at radius 2 is 1.91 bits per heavy atom. The number of nitrogens with one attached hydrogen (secondary N) is 1. The van der Waals surface area contributed by atoms with E-state index in [1.54, 1.807) is 24.5 Å². The topological polar surface area (TPSA) is 105 Å². The highest BCUT2D eigenvalue weighted by molar-refractivity contribution is 5.96. The first-order valence-corrected chi connectivity index (χ1v) is 11.2. The van der Waals surface area contributed by atoms with Crippen LogP contribution in [0.1, 0.15) is 51.5 Å². The normalized spacial score (nSPS) is 14.2. The van der Waals surface area contributed by atoms with Gasteiger partial charge < -0.3 is 20.1 Å². The first-order chi connectivity index (χ1) is 15.4. The lowest BCUT2D eigenvalue weighted by atomic mass is 9.93. The van der Waals surface area contributed by atoms with Crippen molar-refractivity contribution in [3.63, 3.8) is 0 Å². The molecule has 1 aliphatic carbocycles. The first-order valence-electron chi connectivity index (χ1n) is 11.2. The van der Waals surface area contributed by atoms with Crippen LogP contribution in [0.25, 0.3) is 0 Å². The highest BCUT2D eigenvalue weighted by Crippen LogP contribution is 2.35. The number of carbonyl (C=O) groups is 2. The highest BCUT2D eigenvalue weighted by Gasteiger charge is 2.25. The Hall–Kier alpha value is -3.16. The van der Waals surface area contributed by atoms with Gasteiger partial charge in [0.15, 0.2) is 6.61 Å². The average Bonchev–Trinajstić information content (AvgIpc) is 2.77. The second-order valence-corrected chi connectivity index (χ2v) is 8.67. The van der Waals surface area contributed by atoms with Crippen molar-refractivity contribution in [1.29, 1.82) is 0 Å². The van der Waals surface area contributed by atoms with E-state index in [0.29, 0.717) is 23.4 Å². The zero-order chi connectivity index (χ0) is 22.9. The molecule has 1 fully saturated rings. The lowest BCUT2D eigenvalue weighted by Gasteiger charge is -2.38. The fraction of sp³-hybridized carbons (Fsp3) is 0.500. The van der Waals surface area contributed by atoms with Crippen LogP contribution in [0, 0.1) is 5.92 Å². The van der Waals surface area contributed by atoms with E-state index in [-0.39, 0.29) is 12.3 Å². The van der Waals surface area contributed by atoms with Gasteiger partial charge in [0.1, 0.15) is 12.1 Å². The number of rotatable bonds is 10. The van der Waals surface area contributed by atoms with E-state index in [4.69, 9.17) is 9.84 Å². The minimum atomic E-state index is -1.05. The molecule has 0 spiro atoms. The minimum Gasteiger partial charge on any atom is -0.482 e. The van der Waals surface area contributed by atoms with Crippen molar-refractivity contribution in [1.82, 2.24) is 9.97 Å². The maximum atomic E-state index is 12.8. The van der Waals surface area contributed by atoms with Gasteiger partial charge in [-0.3, -0.25) is 4.79 Å². The number of amides is 1. The molecule has 0 aliphatic heterocycles. The molecule has 1 heterocycles. The van der Waals surface area contributed by atoms with Crippen molar-refractivity contribution in [3.8, 4) is 5.75 Å². The number of hydrogen-bond acceptors (Lipinski definition) is 6. The van der Waals surface area contributed by atoms with Crippen molar-refractivity contribution < 1.29 is 19.4 Å². The molecular formula is C24H32N4O4. The van der Waals surface area contributed by atoms with Crippen LogP contribution in [0.2, 0.25) is 0 Å². The number of aromatic nitrogens is 2. The Morgan fingerprint density at radius 3 is 2.56 bits per heavy atom. The molecule has 0 atom stereocenters. The van der Waals surface area contributed by atoms with Crippen molar-refractivity contribution in [2.45, 2.75) is 58.4 Å². The molecule has 0 unspecified atom stereocenters. The number of carboxylic acid groups (broad SMARTS) is 1. The van der Waals surface area contributed by atoms with E-state index in [2.05, 4.69) is 34.0 Å². The van der Waals surface area contributed by atoms with E-state index in [0.717, 1.165) is 30.6 Å². The van der Waals surface area contributed by atoms with Crippen LogP contribution < -0.4 is 15.0 Å². The van der Waals surface area contributed by atoms with Gasteiger partial charge in [0, 0.05) is 31.0 Å². The fourth-order valence-corrected chi connectivity index (χ4v) is 4.13. The Kier molecular flexibility index (Phi) is 8.41. The van der Waals surface area contributed by atoms with Gasteiger partial charge in [-0.2, -0.15) is 0 Å². The third kappa shape index (κ3) is 6.93. The summed E-state index contributed by atoms with van der Waals surface area (Å²) >= 11 is 0. The van der Waals surface area contributed by atoms with Crippen LogP contribution in [0.15, 0.2) is 36.9 Å². The minimum absolute atomic E-state index is 0.147. The van der Waals surface area contributed by atoms with Gasteiger partial charge in [0.25, 0.3) is 0 Å². The van der Waals surface area contributed by atoms with E-state index in [1.807, 2.05) is 6.07 Å². The zero-order valence-corrected chi connectivity index (χ0v) is 18.8. The molecule has 1 amide bonds. The summed E-state index contributed by atoms with van der Waals surface area (Å²) in [6, 6.07) is 5.83. The summed E-state index contributed by atoms with van der Waals surface area (Å²) in [5.74, 6) is -0.385. The van der Waals surface area contributed by atoms with Crippen LogP contribution in [0.4, 0.5) is 11.4 Å². The summed E-state index contributed by atoms with van der Waals surface area (Å²) < 4.78 is 5.38. The molecule has 32 heavy (non-hydrogen) atoms. The maximum Gasteiger partial charge on any atom is 0.341 e. The molecule has 2 N–H and O–H groups in total. The first kappa shape index (κ1) is 23.5.